The summed E-state index contributed by atoms with van der Waals surface area (Å²) >= 11 is 5.75. The summed E-state index contributed by atoms with van der Waals surface area (Å²) < 4.78 is 5.13. The molecular formula is C10H8ClNO3. The van der Waals surface area contributed by atoms with Crippen molar-refractivity contribution in [1.82, 2.24) is 0 Å². The number of carboxylic acids is 1. The highest BCUT2D eigenvalue weighted by Crippen LogP contribution is 2.25. The first-order valence-electron chi connectivity index (χ1n) is 4.18. The highest BCUT2D eigenvalue weighted by atomic mass is 35.5. The molecule has 1 aromatic rings. The summed E-state index contributed by atoms with van der Waals surface area (Å²) in [5, 5.41) is 17.5. The van der Waals surface area contributed by atoms with Crippen LogP contribution in [0.3, 0.4) is 0 Å². The number of halogens is 1. The maximum absolute atomic E-state index is 10.2. The molecule has 0 fully saturated rings. The van der Waals surface area contributed by atoms with Crippen LogP contribution in [0.1, 0.15) is 12.0 Å². The topological polar surface area (TPSA) is 70.3 Å². The van der Waals surface area contributed by atoms with E-state index in [0.717, 1.165) is 0 Å². The van der Waals surface area contributed by atoms with E-state index < -0.39 is 5.97 Å². The van der Waals surface area contributed by atoms with Gasteiger partial charge in [0.15, 0.2) is 0 Å². The Hall–Kier alpha value is -1.73. The molecule has 0 saturated carbocycles. The van der Waals surface area contributed by atoms with Gasteiger partial charge in [0.25, 0.3) is 0 Å². The summed E-state index contributed by atoms with van der Waals surface area (Å²) in [7, 11) is 0. The SMILES string of the molecule is N#Cc1c(Cl)cccc1OCCC(=O)O. The minimum atomic E-state index is -0.949. The van der Waals surface area contributed by atoms with Crippen LogP contribution in [0.15, 0.2) is 18.2 Å². The highest BCUT2D eigenvalue weighted by Gasteiger charge is 2.07. The van der Waals surface area contributed by atoms with Crippen LogP contribution >= 0.6 is 11.6 Å². The number of carboxylic acid groups (broad SMARTS) is 1. The summed E-state index contributed by atoms with van der Waals surface area (Å²) in [5.41, 5.74) is 0.226. The first-order chi connectivity index (χ1) is 7.15. The number of rotatable bonds is 4. The number of benzene rings is 1. The summed E-state index contributed by atoms with van der Waals surface area (Å²) in [5.74, 6) is -0.637. The Morgan fingerprint density at radius 2 is 2.33 bits per heavy atom. The Bertz CT molecular complexity index is 412. The summed E-state index contributed by atoms with van der Waals surface area (Å²) in [4.78, 5) is 10.2. The first kappa shape index (κ1) is 11.3. The second kappa shape index (κ2) is 5.23. The fourth-order valence-electron chi connectivity index (χ4n) is 0.981. The van der Waals surface area contributed by atoms with E-state index in [2.05, 4.69) is 0 Å². The van der Waals surface area contributed by atoms with Crippen LogP contribution in [-0.4, -0.2) is 17.7 Å². The van der Waals surface area contributed by atoms with Gasteiger partial charge in [-0.25, -0.2) is 0 Å². The van der Waals surface area contributed by atoms with Gasteiger partial charge in [0.05, 0.1) is 18.1 Å². The predicted molar refractivity (Wildman–Crippen MR) is 53.9 cm³/mol. The van der Waals surface area contributed by atoms with Crippen LogP contribution in [-0.2, 0) is 4.79 Å². The van der Waals surface area contributed by atoms with Gasteiger partial charge in [-0.05, 0) is 12.1 Å². The summed E-state index contributed by atoms with van der Waals surface area (Å²) in [6.45, 7) is 0.0182. The third-order valence-corrected chi connectivity index (χ3v) is 1.98. The molecule has 0 aliphatic rings. The summed E-state index contributed by atoms with van der Waals surface area (Å²) in [6.07, 6.45) is -0.114. The van der Waals surface area contributed by atoms with Crippen molar-refractivity contribution in [2.75, 3.05) is 6.61 Å². The van der Waals surface area contributed by atoms with Crippen molar-refractivity contribution in [2.24, 2.45) is 0 Å². The van der Waals surface area contributed by atoms with Gasteiger partial charge >= 0.3 is 5.97 Å². The van der Waals surface area contributed by atoms with Crippen molar-refractivity contribution in [3.8, 4) is 11.8 Å². The standard InChI is InChI=1S/C10H8ClNO3/c11-8-2-1-3-9(7(8)6-12)15-5-4-10(13)14/h1-3H,4-5H2,(H,13,14). The molecule has 0 aliphatic heterocycles. The van der Waals surface area contributed by atoms with E-state index in [9.17, 15) is 4.79 Å². The molecule has 5 heteroatoms. The molecule has 4 nitrogen and oxygen atoms in total. The summed E-state index contributed by atoms with van der Waals surface area (Å²) in [6, 6.07) is 6.69. The molecule has 0 saturated heterocycles. The quantitative estimate of drug-likeness (QED) is 0.852. The third-order valence-electron chi connectivity index (χ3n) is 1.66. The van der Waals surface area contributed by atoms with Crippen molar-refractivity contribution in [2.45, 2.75) is 6.42 Å². The van der Waals surface area contributed by atoms with Crippen molar-refractivity contribution in [3.63, 3.8) is 0 Å². The van der Waals surface area contributed by atoms with Crippen LogP contribution in [0.4, 0.5) is 0 Å². The van der Waals surface area contributed by atoms with E-state index in [1.165, 1.54) is 0 Å². The Kier molecular flexibility index (Phi) is 3.95. The Morgan fingerprint density at radius 3 is 2.93 bits per heavy atom. The van der Waals surface area contributed by atoms with Gasteiger partial charge in [0, 0.05) is 0 Å². The lowest BCUT2D eigenvalue weighted by atomic mass is 10.2. The number of nitrogens with zero attached hydrogens (tertiary/aromatic N) is 1. The zero-order valence-corrected chi connectivity index (χ0v) is 8.49. The highest BCUT2D eigenvalue weighted by molar-refractivity contribution is 6.31. The Balaban J connectivity index is 2.73. The normalized spacial score (nSPS) is 9.33. The lowest BCUT2D eigenvalue weighted by Gasteiger charge is -2.06. The molecular weight excluding hydrogens is 218 g/mol. The van der Waals surface area contributed by atoms with Gasteiger partial charge in [-0.15, -0.1) is 0 Å². The van der Waals surface area contributed by atoms with Gasteiger partial charge in [-0.3, -0.25) is 4.79 Å². The van der Waals surface area contributed by atoms with Crippen LogP contribution in [0.25, 0.3) is 0 Å². The number of aliphatic carboxylic acids is 1. The van der Waals surface area contributed by atoms with Gasteiger partial charge in [0.1, 0.15) is 17.4 Å². The fourth-order valence-corrected chi connectivity index (χ4v) is 1.19. The van der Waals surface area contributed by atoms with Crippen LogP contribution in [0.5, 0.6) is 5.75 Å². The Labute approximate surface area is 91.7 Å². The fraction of sp³-hybridized carbons (Fsp3) is 0.200. The van der Waals surface area contributed by atoms with E-state index in [1.54, 1.807) is 18.2 Å². The molecule has 0 aromatic heterocycles. The predicted octanol–water partition coefficient (Wildman–Crippen LogP) is 2.07. The molecule has 1 rings (SSSR count). The second-order valence-electron chi connectivity index (χ2n) is 2.72. The molecule has 0 radical (unpaired) electrons. The molecule has 0 atom stereocenters. The number of hydrogen-bond donors (Lipinski definition) is 1. The molecule has 0 bridgehead atoms. The van der Waals surface area contributed by atoms with E-state index in [-0.39, 0.29) is 18.6 Å². The lowest BCUT2D eigenvalue weighted by molar-refractivity contribution is -0.137. The van der Waals surface area contributed by atoms with Crippen LogP contribution in [0, 0.1) is 11.3 Å². The van der Waals surface area contributed by atoms with Crippen LogP contribution in [0.2, 0.25) is 5.02 Å². The third kappa shape index (κ3) is 3.15. The Morgan fingerprint density at radius 1 is 1.60 bits per heavy atom. The zero-order valence-electron chi connectivity index (χ0n) is 7.74. The number of hydrogen-bond acceptors (Lipinski definition) is 3. The molecule has 78 valence electrons. The smallest absolute Gasteiger partial charge is 0.306 e. The van der Waals surface area contributed by atoms with Gasteiger partial charge < -0.3 is 9.84 Å². The monoisotopic (exact) mass is 225 g/mol. The lowest BCUT2D eigenvalue weighted by Crippen LogP contribution is -2.05. The average Bonchev–Trinajstić information content (AvgIpc) is 2.17. The molecule has 0 aliphatic carbocycles. The van der Waals surface area contributed by atoms with Crippen molar-refractivity contribution >= 4 is 17.6 Å². The molecule has 0 amide bonds. The molecule has 1 N–H and O–H groups in total. The van der Waals surface area contributed by atoms with Gasteiger partial charge in [-0.2, -0.15) is 5.26 Å². The molecule has 0 unspecified atom stereocenters. The minimum absolute atomic E-state index is 0.0182. The number of ether oxygens (including phenoxy) is 1. The largest absolute Gasteiger partial charge is 0.492 e. The van der Waals surface area contributed by atoms with Gasteiger partial charge in [-0.1, -0.05) is 17.7 Å². The number of carbonyl (C=O) groups is 1. The molecule has 15 heavy (non-hydrogen) atoms. The average molecular weight is 226 g/mol. The van der Waals surface area contributed by atoms with E-state index in [1.807, 2.05) is 6.07 Å². The van der Waals surface area contributed by atoms with Crippen molar-refractivity contribution in [1.29, 1.82) is 5.26 Å². The van der Waals surface area contributed by atoms with E-state index in [0.29, 0.717) is 10.8 Å². The van der Waals surface area contributed by atoms with E-state index >= 15 is 0 Å². The first-order valence-corrected chi connectivity index (χ1v) is 4.56. The zero-order chi connectivity index (χ0) is 11.3. The molecule has 0 heterocycles. The second-order valence-corrected chi connectivity index (χ2v) is 3.12. The minimum Gasteiger partial charge on any atom is -0.492 e. The van der Waals surface area contributed by atoms with Crippen LogP contribution < -0.4 is 4.74 Å². The number of nitriles is 1. The van der Waals surface area contributed by atoms with E-state index in [4.69, 9.17) is 26.7 Å². The van der Waals surface area contributed by atoms with Crippen molar-refractivity contribution < 1.29 is 14.6 Å². The maximum atomic E-state index is 10.2. The maximum Gasteiger partial charge on any atom is 0.306 e. The van der Waals surface area contributed by atoms with Gasteiger partial charge in [0.2, 0.25) is 0 Å². The van der Waals surface area contributed by atoms with Crippen molar-refractivity contribution in [3.05, 3.63) is 28.8 Å². The molecule has 0 spiro atoms. The molecule has 1 aromatic carbocycles.